The van der Waals surface area contributed by atoms with Crippen molar-refractivity contribution >= 4 is 10.2 Å². The number of nitrogens with two attached hydrogens (primary N) is 1. The molecule has 0 radical (unpaired) electrons. The van der Waals surface area contributed by atoms with Gasteiger partial charge in [0.2, 0.25) is 0 Å². The second kappa shape index (κ2) is 6.99. The molecular formula is C12H25N3O3S. The molecule has 0 saturated carbocycles. The van der Waals surface area contributed by atoms with E-state index in [4.69, 9.17) is 10.5 Å². The highest BCUT2D eigenvalue weighted by Gasteiger charge is 2.28. The van der Waals surface area contributed by atoms with Gasteiger partial charge in [-0.15, -0.1) is 0 Å². The van der Waals surface area contributed by atoms with Crippen molar-refractivity contribution in [1.29, 1.82) is 0 Å². The lowest BCUT2D eigenvalue weighted by atomic mass is 9.99. The van der Waals surface area contributed by atoms with Crippen molar-refractivity contribution in [2.45, 2.75) is 25.7 Å². The van der Waals surface area contributed by atoms with Gasteiger partial charge in [0.25, 0.3) is 10.2 Å². The van der Waals surface area contributed by atoms with Gasteiger partial charge in [-0.1, -0.05) is 0 Å². The van der Waals surface area contributed by atoms with Crippen molar-refractivity contribution in [3.05, 3.63) is 0 Å². The third-order valence-corrected chi connectivity index (χ3v) is 5.63. The fraction of sp³-hybridized carbons (Fsp3) is 1.00. The maximum atomic E-state index is 12.2. The van der Waals surface area contributed by atoms with Crippen LogP contribution in [0.2, 0.25) is 0 Å². The van der Waals surface area contributed by atoms with Crippen molar-refractivity contribution in [1.82, 2.24) is 9.03 Å². The Kier molecular flexibility index (Phi) is 5.58. The lowest BCUT2D eigenvalue weighted by molar-refractivity contribution is 0.0566. The highest BCUT2D eigenvalue weighted by atomic mass is 32.2. The van der Waals surface area contributed by atoms with Gasteiger partial charge in [-0.2, -0.15) is 12.7 Å². The van der Waals surface area contributed by atoms with Crippen molar-refractivity contribution in [3.8, 4) is 0 Å². The lowest BCUT2D eigenvalue weighted by Gasteiger charge is -2.31. The summed E-state index contributed by atoms with van der Waals surface area (Å²) in [7, 11) is -3.33. The Hall–Kier alpha value is -0.210. The van der Waals surface area contributed by atoms with Crippen molar-refractivity contribution in [2.75, 3.05) is 39.4 Å². The molecule has 0 bridgehead atoms. The average molecular weight is 291 g/mol. The van der Waals surface area contributed by atoms with Gasteiger partial charge in [0.1, 0.15) is 0 Å². The van der Waals surface area contributed by atoms with Crippen LogP contribution in [0.4, 0.5) is 0 Å². The fourth-order valence-electron chi connectivity index (χ4n) is 2.67. The van der Waals surface area contributed by atoms with Crippen LogP contribution >= 0.6 is 0 Å². The molecule has 0 spiro atoms. The van der Waals surface area contributed by atoms with Crippen LogP contribution < -0.4 is 10.5 Å². The van der Waals surface area contributed by atoms with Gasteiger partial charge in [-0.05, 0) is 44.1 Å². The van der Waals surface area contributed by atoms with E-state index in [1.807, 2.05) is 0 Å². The Morgan fingerprint density at radius 2 is 1.95 bits per heavy atom. The van der Waals surface area contributed by atoms with Gasteiger partial charge >= 0.3 is 0 Å². The van der Waals surface area contributed by atoms with Crippen LogP contribution in [0.25, 0.3) is 0 Å². The number of ether oxygens (including phenoxy) is 1. The first-order valence-corrected chi connectivity index (χ1v) is 8.58. The maximum Gasteiger partial charge on any atom is 0.279 e. The van der Waals surface area contributed by atoms with E-state index < -0.39 is 10.2 Å². The zero-order chi connectivity index (χ0) is 13.7. The van der Waals surface area contributed by atoms with Crippen LogP contribution in [-0.2, 0) is 14.9 Å². The van der Waals surface area contributed by atoms with Crippen LogP contribution in [0.5, 0.6) is 0 Å². The summed E-state index contributed by atoms with van der Waals surface area (Å²) < 4.78 is 34.0. The minimum atomic E-state index is -3.33. The van der Waals surface area contributed by atoms with E-state index in [1.54, 1.807) is 4.31 Å². The average Bonchev–Trinajstić information content (AvgIpc) is 2.46. The molecule has 7 heteroatoms. The third kappa shape index (κ3) is 4.39. The Balaban J connectivity index is 1.78. The molecule has 2 aliphatic rings. The van der Waals surface area contributed by atoms with Gasteiger partial charge < -0.3 is 10.5 Å². The van der Waals surface area contributed by atoms with Crippen LogP contribution in [0.1, 0.15) is 25.7 Å². The number of rotatable bonds is 5. The van der Waals surface area contributed by atoms with Crippen molar-refractivity contribution in [3.63, 3.8) is 0 Å². The second-order valence-corrected chi connectivity index (χ2v) is 7.27. The molecule has 2 fully saturated rings. The van der Waals surface area contributed by atoms with E-state index in [0.717, 1.165) is 32.3 Å². The van der Waals surface area contributed by atoms with E-state index in [1.165, 1.54) is 0 Å². The number of nitrogens with zero attached hydrogens (tertiary/aromatic N) is 1. The molecule has 0 aromatic carbocycles. The Morgan fingerprint density at radius 3 is 2.53 bits per heavy atom. The van der Waals surface area contributed by atoms with Crippen LogP contribution in [0, 0.1) is 11.8 Å². The zero-order valence-corrected chi connectivity index (χ0v) is 12.2. The Labute approximate surface area is 115 Å². The van der Waals surface area contributed by atoms with Crippen LogP contribution in [0.3, 0.4) is 0 Å². The third-order valence-electron chi connectivity index (χ3n) is 4.06. The predicted molar refractivity (Wildman–Crippen MR) is 73.8 cm³/mol. The maximum absolute atomic E-state index is 12.2. The molecule has 2 rings (SSSR count). The number of hydrogen-bond acceptors (Lipinski definition) is 4. The first kappa shape index (κ1) is 15.2. The van der Waals surface area contributed by atoms with E-state index >= 15 is 0 Å². The standard InChI is InChI=1S/C12H25N3O3S/c13-8-11-3-5-15(6-4-11)19(16,17)14-9-12-2-1-7-18-10-12/h11-12,14H,1-10,13H2. The molecular weight excluding hydrogens is 266 g/mol. The molecule has 1 atom stereocenters. The molecule has 6 nitrogen and oxygen atoms in total. The van der Waals surface area contributed by atoms with E-state index in [-0.39, 0.29) is 0 Å². The molecule has 19 heavy (non-hydrogen) atoms. The summed E-state index contributed by atoms with van der Waals surface area (Å²) >= 11 is 0. The molecule has 2 aliphatic heterocycles. The smallest absolute Gasteiger partial charge is 0.279 e. The highest BCUT2D eigenvalue weighted by molar-refractivity contribution is 7.87. The number of nitrogens with one attached hydrogen (secondary N) is 1. The second-order valence-electron chi connectivity index (χ2n) is 5.51. The SMILES string of the molecule is NCC1CCN(S(=O)(=O)NCC2CCCOC2)CC1. The number of piperidine rings is 1. The monoisotopic (exact) mass is 291 g/mol. The first-order chi connectivity index (χ1) is 9.12. The van der Waals surface area contributed by atoms with Gasteiger partial charge in [0.05, 0.1) is 6.61 Å². The quantitative estimate of drug-likeness (QED) is 0.742. The van der Waals surface area contributed by atoms with Crippen LogP contribution in [-0.4, -0.2) is 52.1 Å². The summed E-state index contributed by atoms with van der Waals surface area (Å²) in [6.07, 6.45) is 3.79. The normalized spacial score (nSPS) is 27.5. The predicted octanol–water partition coefficient (Wildman–Crippen LogP) is -0.0819. The van der Waals surface area contributed by atoms with E-state index in [9.17, 15) is 8.42 Å². The topological polar surface area (TPSA) is 84.7 Å². The summed E-state index contributed by atoms with van der Waals surface area (Å²) in [5.41, 5.74) is 5.62. The molecule has 3 N–H and O–H groups in total. The Morgan fingerprint density at radius 1 is 1.21 bits per heavy atom. The summed E-state index contributed by atoms with van der Waals surface area (Å²) in [5.74, 6) is 0.781. The van der Waals surface area contributed by atoms with Crippen LogP contribution in [0.15, 0.2) is 0 Å². The molecule has 1 unspecified atom stereocenters. The fourth-order valence-corrected chi connectivity index (χ4v) is 3.99. The molecule has 112 valence electrons. The van der Waals surface area contributed by atoms with E-state index in [2.05, 4.69) is 4.72 Å². The lowest BCUT2D eigenvalue weighted by Crippen LogP contribution is -2.47. The van der Waals surface area contributed by atoms with Crippen molar-refractivity contribution < 1.29 is 13.2 Å². The molecule has 2 heterocycles. The molecule has 0 aliphatic carbocycles. The molecule has 0 aromatic rings. The summed E-state index contributed by atoms with van der Waals surface area (Å²) in [6, 6.07) is 0. The summed E-state index contributed by atoms with van der Waals surface area (Å²) in [6.45, 7) is 3.77. The van der Waals surface area contributed by atoms with Crippen molar-refractivity contribution in [2.24, 2.45) is 17.6 Å². The molecule has 0 aromatic heterocycles. The van der Waals surface area contributed by atoms with Gasteiger partial charge in [-0.3, -0.25) is 0 Å². The van der Waals surface area contributed by atoms with E-state index in [0.29, 0.717) is 44.6 Å². The zero-order valence-electron chi connectivity index (χ0n) is 11.4. The molecule has 2 saturated heterocycles. The van der Waals surface area contributed by atoms with Gasteiger partial charge in [-0.25, -0.2) is 4.72 Å². The van der Waals surface area contributed by atoms with Gasteiger partial charge in [0, 0.05) is 26.2 Å². The minimum Gasteiger partial charge on any atom is -0.381 e. The largest absolute Gasteiger partial charge is 0.381 e. The summed E-state index contributed by atoms with van der Waals surface area (Å²) in [5, 5.41) is 0. The minimum absolute atomic E-state index is 0.310. The first-order valence-electron chi connectivity index (χ1n) is 7.14. The highest BCUT2D eigenvalue weighted by Crippen LogP contribution is 2.18. The van der Waals surface area contributed by atoms with Gasteiger partial charge in [0.15, 0.2) is 0 Å². The molecule has 0 amide bonds. The Bertz CT molecular complexity index is 360. The number of hydrogen-bond donors (Lipinski definition) is 2. The summed E-state index contributed by atoms with van der Waals surface area (Å²) in [4.78, 5) is 0.